The maximum Gasteiger partial charge on any atom is 0.299 e. The molecule has 10 heavy (non-hydrogen) atoms. The van der Waals surface area contributed by atoms with Crippen molar-refractivity contribution >= 4 is 11.8 Å². The highest BCUT2D eigenvalue weighted by atomic mass is 32.2. The molecule has 5 heteroatoms. The summed E-state index contributed by atoms with van der Waals surface area (Å²) < 4.78 is 0. The zero-order chi connectivity index (χ0) is 7.56. The summed E-state index contributed by atoms with van der Waals surface area (Å²) >= 11 is 1.13. The molecule has 0 saturated heterocycles. The Hall–Kier alpha value is -0.550. The van der Waals surface area contributed by atoms with Crippen molar-refractivity contribution < 1.29 is 10.0 Å². The quantitative estimate of drug-likeness (QED) is 0.476. The third-order valence-electron chi connectivity index (χ3n) is 1.23. The van der Waals surface area contributed by atoms with Crippen LogP contribution in [0.2, 0.25) is 0 Å². The monoisotopic (exact) mass is 161 g/mol. The third-order valence-corrected chi connectivity index (χ3v) is 2.46. The Morgan fingerprint density at radius 1 is 2.00 bits per heavy atom. The molecule has 0 bridgehead atoms. The molecule has 0 fully saturated rings. The Morgan fingerprint density at radius 3 is 3.00 bits per heavy atom. The molecule has 0 amide bonds. The molecule has 4 nitrogen and oxygen atoms in total. The first-order valence-electron chi connectivity index (χ1n) is 2.86. The number of thioether (sulfide) groups is 1. The molecule has 0 aromatic rings. The number of nitrogens with zero attached hydrogens (tertiary/aromatic N) is 1. The fourth-order valence-electron chi connectivity index (χ4n) is 0.729. The second-order valence-corrected chi connectivity index (χ2v) is 3.28. The summed E-state index contributed by atoms with van der Waals surface area (Å²) in [4.78, 5) is 9.68. The van der Waals surface area contributed by atoms with Gasteiger partial charge in [0, 0.05) is 11.3 Å². The molecule has 1 heterocycles. The standard InChI is InChI=1S/C5H7NO3S/c7-3-4-1-2-5(10-4)6(8)9/h2,4,7H,1,3H2. The molecule has 1 aliphatic rings. The minimum Gasteiger partial charge on any atom is -0.395 e. The lowest BCUT2D eigenvalue weighted by molar-refractivity contribution is -0.410. The third kappa shape index (κ3) is 1.48. The molecular weight excluding hydrogens is 154 g/mol. The van der Waals surface area contributed by atoms with Crippen molar-refractivity contribution in [3.63, 3.8) is 0 Å². The van der Waals surface area contributed by atoms with Crippen LogP contribution in [0.5, 0.6) is 0 Å². The first-order valence-corrected chi connectivity index (χ1v) is 3.74. The zero-order valence-electron chi connectivity index (χ0n) is 5.19. The number of hydrogen-bond donors (Lipinski definition) is 1. The molecule has 0 spiro atoms. The van der Waals surface area contributed by atoms with E-state index in [1.54, 1.807) is 6.08 Å². The highest BCUT2D eigenvalue weighted by molar-refractivity contribution is 8.03. The van der Waals surface area contributed by atoms with Crippen molar-refractivity contribution in [2.45, 2.75) is 11.7 Å². The Bertz CT molecular complexity index is 180. The van der Waals surface area contributed by atoms with E-state index in [1.165, 1.54) is 0 Å². The van der Waals surface area contributed by atoms with Crippen LogP contribution in [-0.2, 0) is 0 Å². The van der Waals surface area contributed by atoms with Gasteiger partial charge in [-0.25, -0.2) is 0 Å². The lowest BCUT2D eigenvalue weighted by Gasteiger charge is -1.99. The van der Waals surface area contributed by atoms with Crippen LogP contribution in [0.3, 0.4) is 0 Å². The first-order chi connectivity index (χ1) is 4.74. The van der Waals surface area contributed by atoms with Crippen LogP contribution in [0.1, 0.15) is 6.42 Å². The fraction of sp³-hybridized carbons (Fsp3) is 0.600. The lowest BCUT2D eigenvalue weighted by atomic mass is 10.3. The molecular formula is C5H7NO3S. The lowest BCUT2D eigenvalue weighted by Crippen LogP contribution is -2.03. The minimum absolute atomic E-state index is 0.000370. The smallest absolute Gasteiger partial charge is 0.299 e. The van der Waals surface area contributed by atoms with Crippen molar-refractivity contribution in [3.05, 3.63) is 21.2 Å². The van der Waals surface area contributed by atoms with E-state index in [2.05, 4.69) is 0 Å². The van der Waals surface area contributed by atoms with Gasteiger partial charge in [0.15, 0.2) is 0 Å². The summed E-state index contributed by atoms with van der Waals surface area (Å²) in [5.74, 6) is 0. The van der Waals surface area contributed by atoms with E-state index in [4.69, 9.17) is 5.11 Å². The molecule has 1 aliphatic heterocycles. The molecule has 0 aromatic heterocycles. The van der Waals surface area contributed by atoms with Gasteiger partial charge in [0.1, 0.15) is 0 Å². The van der Waals surface area contributed by atoms with Crippen molar-refractivity contribution in [2.75, 3.05) is 6.61 Å². The number of rotatable bonds is 2. The summed E-state index contributed by atoms with van der Waals surface area (Å²) in [5.41, 5.74) is 0. The summed E-state index contributed by atoms with van der Waals surface area (Å²) in [7, 11) is 0. The van der Waals surface area contributed by atoms with Crippen molar-refractivity contribution in [2.24, 2.45) is 0 Å². The van der Waals surface area contributed by atoms with Gasteiger partial charge in [-0.15, -0.1) is 0 Å². The minimum atomic E-state index is -0.416. The average Bonchev–Trinajstić information content (AvgIpc) is 2.34. The highest BCUT2D eigenvalue weighted by Crippen LogP contribution is 2.31. The zero-order valence-corrected chi connectivity index (χ0v) is 6.00. The fourth-order valence-corrected chi connectivity index (χ4v) is 1.62. The predicted octanol–water partition coefficient (Wildman–Crippen LogP) is 0.602. The largest absolute Gasteiger partial charge is 0.395 e. The second kappa shape index (κ2) is 3.03. The van der Waals surface area contributed by atoms with Gasteiger partial charge >= 0.3 is 0 Å². The van der Waals surface area contributed by atoms with E-state index in [9.17, 15) is 10.1 Å². The molecule has 0 radical (unpaired) electrons. The van der Waals surface area contributed by atoms with Crippen molar-refractivity contribution in [3.8, 4) is 0 Å². The topological polar surface area (TPSA) is 63.4 Å². The molecule has 56 valence electrons. The van der Waals surface area contributed by atoms with Crippen LogP contribution in [0, 0.1) is 10.1 Å². The van der Waals surface area contributed by atoms with Crippen LogP contribution in [-0.4, -0.2) is 21.9 Å². The Morgan fingerprint density at radius 2 is 2.70 bits per heavy atom. The van der Waals surface area contributed by atoms with E-state index in [0.29, 0.717) is 6.42 Å². The molecule has 1 rings (SSSR count). The van der Waals surface area contributed by atoms with Crippen molar-refractivity contribution in [1.29, 1.82) is 0 Å². The van der Waals surface area contributed by atoms with Crippen LogP contribution in [0.25, 0.3) is 0 Å². The summed E-state index contributed by atoms with van der Waals surface area (Å²) in [6.07, 6.45) is 2.16. The van der Waals surface area contributed by atoms with E-state index < -0.39 is 4.92 Å². The highest BCUT2D eigenvalue weighted by Gasteiger charge is 2.24. The van der Waals surface area contributed by atoms with Gasteiger partial charge in [0.2, 0.25) is 0 Å². The number of allylic oxidation sites excluding steroid dienone is 1. The number of aliphatic hydroxyl groups is 1. The molecule has 0 saturated carbocycles. The Labute approximate surface area is 62.1 Å². The predicted molar refractivity (Wildman–Crippen MR) is 38.2 cm³/mol. The number of nitro groups is 1. The van der Waals surface area contributed by atoms with Gasteiger partial charge in [0.25, 0.3) is 5.03 Å². The summed E-state index contributed by atoms with van der Waals surface area (Å²) in [6.45, 7) is 0.0124. The van der Waals surface area contributed by atoms with Gasteiger partial charge < -0.3 is 5.11 Å². The molecule has 0 aromatic carbocycles. The van der Waals surface area contributed by atoms with Crippen molar-refractivity contribution in [1.82, 2.24) is 0 Å². The Kier molecular flexibility index (Phi) is 2.29. The number of hydrogen-bond acceptors (Lipinski definition) is 4. The SMILES string of the molecule is O=[N+]([O-])C1=CCC(CO)S1. The van der Waals surface area contributed by atoms with Gasteiger partial charge in [-0.2, -0.15) is 0 Å². The maximum absolute atomic E-state index is 10.1. The normalized spacial score (nSPS) is 24.5. The summed E-state index contributed by atoms with van der Waals surface area (Å²) in [5, 5.41) is 18.9. The molecule has 1 N–H and O–H groups in total. The molecule has 0 aliphatic carbocycles. The van der Waals surface area contributed by atoms with Gasteiger partial charge in [-0.05, 0) is 18.2 Å². The van der Waals surface area contributed by atoms with Gasteiger partial charge in [-0.1, -0.05) is 0 Å². The number of aliphatic hydroxyl groups excluding tert-OH is 1. The van der Waals surface area contributed by atoms with Crippen LogP contribution < -0.4 is 0 Å². The van der Waals surface area contributed by atoms with Gasteiger partial charge in [-0.3, -0.25) is 10.1 Å². The van der Waals surface area contributed by atoms with E-state index >= 15 is 0 Å². The van der Waals surface area contributed by atoms with Crippen LogP contribution >= 0.6 is 11.8 Å². The molecule has 1 unspecified atom stereocenters. The van der Waals surface area contributed by atoms with E-state index in [1.807, 2.05) is 0 Å². The second-order valence-electron chi connectivity index (χ2n) is 1.96. The maximum atomic E-state index is 10.1. The van der Waals surface area contributed by atoms with E-state index in [0.717, 1.165) is 11.8 Å². The van der Waals surface area contributed by atoms with Crippen LogP contribution in [0.15, 0.2) is 11.1 Å². The van der Waals surface area contributed by atoms with Crippen LogP contribution in [0.4, 0.5) is 0 Å². The average molecular weight is 161 g/mol. The molecule has 1 atom stereocenters. The first kappa shape index (κ1) is 7.56. The Balaban J connectivity index is 2.47. The van der Waals surface area contributed by atoms with Gasteiger partial charge in [0.05, 0.1) is 11.5 Å². The van der Waals surface area contributed by atoms with E-state index in [-0.39, 0.29) is 16.9 Å². The summed E-state index contributed by atoms with van der Waals surface area (Å²) in [6, 6.07) is 0.